The van der Waals surface area contributed by atoms with Crippen molar-refractivity contribution in [1.82, 2.24) is 13.6 Å². The van der Waals surface area contributed by atoms with Crippen molar-refractivity contribution in [3.05, 3.63) is 70.4 Å². The van der Waals surface area contributed by atoms with Crippen LogP contribution in [-0.2, 0) is 28.0 Å². The quantitative estimate of drug-likeness (QED) is 0.369. The summed E-state index contributed by atoms with van der Waals surface area (Å²) in [7, 11) is -1.37. The van der Waals surface area contributed by atoms with Crippen LogP contribution in [0.2, 0.25) is 0 Å². The third-order valence-corrected chi connectivity index (χ3v) is 7.31. The van der Waals surface area contributed by atoms with E-state index in [-0.39, 0.29) is 25.5 Å². The second-order valence-electron chi connectivity index (χ2n) is 8.38. The van der Waals surface area contributed by atoms with Crippen LogP contribution in [0.5, 0.6) is 5.75 Å². The van der Waals surface area contributed by atoms with Gasteiger partial charge < -0.3 is 14.3 Å². The Morgan fingerprint density at radius 1 is 1.14 bits per heavy atom. The molecule has 1 heterocycles. The number of halogens is 3. The number of aryl methyl sites for hydroxylation is 1. The molecule has 0 radical (unpaired) electrons. The first-order valence-corrected chi connectivity index (χ1v) is 12.4. The van der Waals surface area contributed by atoms with Crippen molar-refractivity contribution in [2.75, 3.05) is 27.2 Å². The minimum Gasteiger partial charge on any atom is -0.493 e. The van der Waals surface area contributed by atoms with E-state index in [1.807, 2.05) is 0 Å². The molecule has 0 aliphatic rings. The number of benzene rings is 2. The molecule has 200 valence electrons. The number of oxazole rings is 1. The molecule has 3 aromatic rings. The molecule has 0 saturated carbocycles. The Morgan fingerprint density at radius 3 is 2.49 bits per heavy atom. The average molecular weight is 542 g/mol. The van der Waals surface area contributed by atoms with Gasteiger partial charge >= 0.3 is 5.97 Å². The molecule has 0 amide bonds. The number of ether oxygens (including phenoxy) is 1. The molecule has 1 N–H and O–H groups in total. The Balaban J connectivity index is 1.70. The summed E-state index contributed by atoms with van der Waals surface area (Å²) in [4.78, 5) is 15.3. The topological polar surface area (TPSA) is 113 Å². The molecule has 9 nitrogen and oxygen atoms in total. The fourth-order valence-corrected chi connectivity index (χ4v) is 4.47. The van der Waals surface area contributed by atoms with E-state index >= 15 is 0 Å². The van der Waals surface area contributed by atoms with Gasteiger partial charge in [-0.15, -0.1) is 0 Å². The van der Waals surface area contributed by atoms with Gasteiger partial charge in [0.05, 0.1) is 17.9 Å². The summed E-state index contributed by atoms with van der Waals surface area (Å²) in [6.07, 6.45) is 0.220. The second-order valence-corrected chi connectivity index (χ2v) is 10.5. The van der Waals surface area contributed by atoms with E-state index in [4.69, 9.17) is 14.3 Å². The summed E-state index contributed by atoms with van der Waals surface area (Å²) in [5, 5.41) is 9.12. The molecular formula is C24H26F3N3O6S. The number of hydrogen-bond acceptors (Lipinski definition) is 6. The van der Waals surface area contributed by atoms with Crippen molar-refractivity contribution >= 4 is 16.2 Å². The van der Waals surface area contributed by atoms with Gasteiger partial charge in [-0.05, 0) is 37.6 Å². The fourth-order valence-electron chi connectivity index (χ4n) is 3.42. The van der Waals surface area contributed by atoms with Crippen LogP contribution in [0.25, 0.3) is 11.5 Å². The maximum atomic E-state index is 14.3. The highest BCUT2D eigenvalue weighted by Gasteiger charge is 2.27. The number of hydrogen-bond donors (Lipinski definition) is 1. The van der Waals surface area contributed by atoms with Gasteiger partial charge in [-0.1, -0.05) is 12.1 Å². The number of nitrogens with zero attached hydrogens (tertiary/aromatic N) is 3. The molecule has 0 fully saturated rings. The standard InChI is InChI=1S/C24H26F3N3O6S/c1-14-19(25)11-18(23(27)22(14)26)24-28-20(15(2)36-24)8-9-35-17-7-5-6-16(10-17)12-30(13-21(31)32)37(33,34)29(3)4/h5-7,10-11H,8-9,12-13H2,1-4H3,(H,31,32). The minimum absolute atomic E-state index is 0.101. The van der Waals surface area contributed by atoms with Gasteiger partial charge in [-0.25, -0.2) is 18.2 Å². The summed E-state index contributed by atoms with van der Waals surface area (Å²) in [5.74, 6) is -4.32. The van der Waals surface area contributed by atoms with Crippen LogP contribution in [0.1, 0.15) is 22.6 Å². The van der Waals surface area contributed by atoms with E-state index in [0.717, 1.165) is 21.6 Å². The summed E-state index contributed by atoms with van der Waals surface area (Å²) >= 11 is 0. The number of carboxylic acid groups (broad SMARTS) is 1. The maximum absolute atomic E-state index is 14.3. The molecule has 1 aromatic heterocycles. The number of aliphatic carboxylic acids is 1. The number of rotatable bonds is 11. The lowest BCUT2D eigenvalue weighted by Crippen LogP contribution is -2.42. The van der Waals surface area contributed by atoms with Crippen LogP contribution in [0.3, 0.4) is 0 Å². The first kappa shape index (κ1) is 28.2. The van der Waals surface area contributed by atoms with Crippen LogP contribution in [0.15, 0.2) is 34.7 Å². The molecule has 0 aliphatic heterocycles. The zero-order valence-corrected chi connectivity index (χ0v) is 21.4. The molecule has 0 saturated heterocycles. The first-order chi connectivity index (χ1) is 17.3. The predicted molar refractivity (Wildman–Crippen MR) is 128 cm³/mol. The second kappa shape index (κ2) is 11.3. The van der Waals surface area contributed by atoms with E-state index in [1.165, 1.54) is 14.1 Å². The van der Waals surface area contributed by atoms with Crippen LogP contribution < -0.4 is 4.74 Å². The predicted octanol–water partition coefficient (Wildman–Crippen LogP) is 3.69. The Hall–Kier alpha value is -3.42. The van der Waals surface area contributed by atoms with Crippen molar-refractivity contribution < 1.29 is 40.6 Å². The molecule has 13 heteroatoms. The summed E-state index contributed by atoms with van der Waals surface area (Å²) < 4.78 is 80.0. The van der Waals surface area contributed by atoms with Gasteiger partial charge in [0.25, 0.3) is 10.2 Å². The lowest BCUT2D eigenvalue weighted by molar-refractivity contribution is -0.137. The Kier molecular flexibility index (Phi) is 8.61. The summed E-state index contributed by atoms with van der Waals surface area (Å²) in [6.45, 7) is 1.90. The van der Waals surface area contributed by atoms with Gasteiger partial charge in [0.2, 0.25) is 5.89 Å². The normalized spacial score (nSPS) is 11.9. The smallest absolute Gasteiger partial charge is 0.318 e. The highest BCUT2D eigenvalue weighted by atomic mass is 32.2. The van der Waals surface area contributed by atoms with Crippen LogP contribution in [0, 0.1) is 31.3 Å². The van der Waals surface area contributed by atoms with E-state index < -0.39 is 51.3 Å². The van der Waals surface area contributed by atoms with Gasteiger partial charge in [0, 0.05) is 32.6 Å². The summed E-state index contributed by atoms with van der Waals surface area (Å²) in [6, 6.07) is 7.31. The van der Waals surface area contributed by atoms with Crippen LogP contribution >= 0.6 is 0 Å². The monoisotopic (exact) mass is 541 g/mol. The Labute approximate surface area is 212 Å². The molecule has 0 spiro atoms. The molecule has 0 unspecified atom stereocenters. The lowest BCUT2D eigenvalue weighted by atomic mass is 10.1. The molecule has 2 aromatic carbocycles. The zero-order chi connectivity index (χ0) is 27.5. The maximum Gasteiger partial charge on any atom is 0.318 e. The Morgan fingerprint density at radius 2 is 1.84 bits per heavy atom. The molecule has 0 bridgehead atoms. The SMILES string of the molecule is Cc1oc(-c2cc(F)c(C)c(F)c2F)nc1CCOc1cccc(CN(CC(=O)O)S(=O)(=O)N(C)C)c1. The highest BCUT2D eigenvalue weighted by Crippen LogP contribution is 2.29. The zero-order valence-electron chi connectivity index (χ0n) is 20.6. The van der Waals surface area contributed by atoms with Crippen LogP contribution in [0.4, 0.5) is 13.2 Å². The molecular weight excluding hydrogens is 515 g/mol. The van der Waals surface area contributed by atoms with Gasteiger partial charge in [0.15, 0.2) is 11.6 Å². The molecule has 37 heavy (non-hydrogen) atoms. The third-order valence-electron chi connectivity index (χ3n) is 5.48. The minimum atomic E-state index is -3.98. The third kappa shape index (κ3) is 6.48. The van der Waals surface area contributed by atoms with Gasteiger partial charge in [0.1, 0.15) is 23.9 Å². The van der Waals surface area contributed by atoms with Crippen LogP contribution in [-0.4, -0.2) is 60.3 Å². The fraction of sp³-hybridized carbons (Fsp3) is 0.333. The largest absolute Gasteiger partial charge is 0.493 e. The van der Waals surface area contributed by atoms with Crippen molar-refractivity contribution in [3.63, 3.8) is 0 Å². The molecule has 0 aliphatic carbocycles. The number of aromatic nitrogens is 1. The first-order valence-electron chi connectivity index (χ1n) is 11.0. The van der Waals surface area contributed by atoms with E-state index in [2.05, 4.69) is 4.98 Å². The molecule has 0 atom stereocenters. The highest BCUT2D eigenvalue weighted by molar-refractivity contribution is 7.86. The van der Waals surface area contributed by atoms with Crippen molar-refractivity contribution in [2.24, 2.45) is 0 Å². The average Bonchev–Trinajstić information content (AvgIpc) is 3.19. The lowest BCUT2D eigenvalue weighted by Gasteiger charge is -2.24. The van der Waals surface area contributed by atoms with Crippen molar-refractivity contribution in [3.8, 4) is 17.2 Å². The van der Waals surface area contributed by atoms with Gasteiger partial charge in [-0.2, -0.15) is 17.0 Å². The van der Waals surface area contributed by atoms with E-state index in [9.17, 15) is 26.4 Å². The summed E-state index contributed by atoms with van der Waals surface area (Å²) in [5.41, 5.74) is 0.0348. The number of carbonyl (C=O) groups is 1. The van der Waals surface area contributed by atoms with Crippen molar-refractivity contribution in [1.29, 1.82) is 0 Å². The van der Waals surface area contributed by atoms with E-state index in [1.54, 1.807) is 31.2 Å². The number of carboxylic acids is 1. The Bertz CT molecular complexity index is 1410. The van der Waals surface area contributed by atoms with E-state index in [0.29, 0.717) is 22.8 Å². The van der Waals surface area contributed by atoms with Crippen molar-refractivity contribution in [2.45, 2.75) is 26.8 Å². The van der Waals surface area contributed by atoms with Gasteiger partial charge in [-0.3, -0.25) is 4.79 Å². The molecule has 3 rings (SSSR count).